The van der Waals surface area contributed by atoms with E-state index >= 15 is 0 Å². The van der Waals surface area contributed by atoms with E-state index in [9.17, 15) is 0 Å². The summed E-state index contributed by atoms with van der Waals surface area (Å²) < 4.78 is 5.02. The van der Waals surface area contributed by atoms with Crippen LogP contribution in [0.25, 0.3) is 0 Å². The molecule has 3 heteroatoms. The second kappa shape index (κ2) is 5.30. The Kier molecular flexibility index (Phi) is 4.30. The summed E-state index contributed by atoms with van der Waals surface area (Å²) in [4.78, 5) is 4.18. The largest absolute Gasteiger partial charge is 0.481 e. The van der Waals surface area contributed by atoms with Gasteiger partial charge in [-0.25, -0.2) is 4.98 Å². The van der Waals surface area contributed by atoms with Gasteiger partial charge in [-0.2, -0.15) is 0 Å². The van der Waals surface area contributed by atoms with Crippen molar-refractivity contribution in [2.45, 2.75) is 40.3 Å². The van der Waals surface area contributed by atoms with Gasteiger partial charge in [0, 0.05) is 24.8 Å². The second-order valence-electron chi connectivity index (χ2n) is 5.18. The number of pyridine rings is 1. The molecular formula is C13H22N2O. The number of aromatic nitrogens is 1. The molecule has 90 valence electrons. The minimum atomic E-state index is 0.278. The van der Waals surface area contributed by atoms with Crippen molar-refractivity contribution >= 4 is 0 Å². The van der Waals surface area contributed by atoms with Crippen molar-refractivity contribution in [1.29, 1.82) is 0 Å². The first kappa shape index (κ1) is 13.0. The Morgan fingerprint density at radius 1 is 1.38 bits per heavy atom. The predicted molar refractivity (Wildman–Crippen MR) is 66.5 cm³/mol. The van der Waals surface area contributed by atoms with E-state index in [1.807, 2.05) is 18.3 Å². The fourth-order valence-corrected chi connectivity index (χ4v) is 1.21. The molecule has 0 spiro atoms. The third-order valence-corrected chi connectivity index (χ3v) is 2.92. The average Bonchev–Trinajstić information content (AvgIpc) is 2.25. The van der Waals surface area contributed by atoms with Crippen LogP contribution in [0.5, 0.6) is 5.88 Å². The lowest BCUT2D eigenvalue weighted by Crippen LogP contribution is -2.37. The van der Waals surface area contributed by atoms with Gasteiger partial charge >= 0.3 is 0 Å². The van der Waals surface area contributed by atoms with E-state index in [1.54, 1.807) is 7.11 Å². The van der Waals surface area contributed by atoms with Crippen LogP contribution < -0.4 is 10.1 Å². The molecule has 16 heavy (non-hydrogen) atoms. The zero-order valence-corrected chi connectivity index (χ0v) is 10.9. The Balaban J connectivity index is 2.48. The highest BCUT2D eigenvalue weighted by Crippen LogP contribution is 2.18. The normalized spacial score (nSPS) is 13.6. The Hall–Kier alpha value is -1.09. The zero-order valence-electron chi connectivity index (χ0n) is 10.9. The molecule has 0 aliphatic heterocycles. The number of methoxy groups -OCH3 is 1. The molecule has 0 aliphatic carbocycles. The molecule has 0 aromatic carbocycles. The number of ether oxygens (including phenoxy) is 1. The summed E-state index contributed by atoms with van der Waals surface area (Å²) in [5.41, 5.74) is 1.46. The Labute approximate surface area is 98.2 Å². The van der Waals surface area contributed by atoms with Gasteiger partial charge in [0.25, 0.3) is 0 Å². The summed E-state index contributed by atoms with van der Waals surface area (Å²) in [6.07, 6.45) is 1.85. The van der Waals surface area contributed by atoms with Crippen LogP contribution in [0, 0.1) is 5.41 Å². The molecule has 1 aromatic rings. The minimum absolute atomic E-state index is 0.278. The van der Waals surface area contributed by atoms with Crippen molar-refractivity contribution < 1.29 is 4.74 Å². The molecule has 1 unspecified atom stereocenters. The van der Waals surface area contributed by atoms with Gasteiger partial charge in [0.15, 0.2) is 0 Å². The van der Waals surface area contributed by atoms with Crippen LogP contribution in [0.2, 0.25) is 0 Å². The van der Waals surface area contributed by atoms with Crippen LogP contribution >= 0.6 is 0 Å². The molecule has 0 amide bonds. The van der Waals surface area contributed by atoms with Crippen LogP contribution in [-0.4, -0.2) is 18.1 Å². The maximum absolute atomic E-state index is 5.02. The summed E-state index contributed by atoms with van der Waals surface area (Å²) >= 11 is 0. The first-order valence-electron chi connectivity index (χ1n) is 5.66. The first-order valence-corrected chi connectivity index (χ1v) is 5.66. The van der Waals surface area contributed by atoms with Crippen molar-refractivity contribution in [2.75, 3.05) is 7.11 Å². The highest BCUT2D eigenvalue weighted by molar-refractivity contribution is 5.17. The van der Waals surface area contributed by atoms with Gasteiger partial charge in [-0.05, 0) is 17.9 Å². The van der Waals surface area contributed by atoms with Crippen molar-refractivity contribution in [3.63, 3.8) is 0 Å². The lowest BCUT2D eigenvalue weighted by Gasteiger charge is -2.28. The van der Waals surface area contributed by atoms with E-state index in [4.69, 9.17) is 4.74 Å². The molecule has 0 radical (unpaired) electrons. The van der Waals surface area contributed by atoms with Crippen LogP contribution in [0.3, 0.4) is 0 Å². The molecule has 3 nitrogen and oxygen atoms in total. The third-order valence-electron chi connectivity index (χ3n) is 2.92. The quantitative estimate of drug-likeness (QED) is 0.850. The number of rotatable bonds is 4. The summed E-state index contributed by atoms with van der Waals surface area (Å²) in [6, 6.07) is 4.39. The van der Waals surface area contributed by atoms with E-state index in [1.165, 1.54) is 5.56 Å². The number of hydrogen-bond donors (Lipinski definition) is 1. The first-order chi connectivity index (χ1) is 7.43. The van der Waals surface area contributed by atoms with Crippen LogP contribution in [0.1, 0.15) is 33.3 Å². The molecular weight excluding hydrogens is 200 g/mol. The summed E-state index contributed by atoms with van der Waals surface area (Å²) in [5.74, 6) is 0.660. The minimum Gasteiger partial charge on any atom is -0.481 e. The van der Waals surface area contributed by atoms with Gasteiger partial charge in [-0.1, -0.05) is 26.8 Å². The van der Waals surface area contributed by atoms with Crippen molar-refractivity contribution in [3.8, 4) is 5.88 Å². The van der Waals surface area contributed by atoms with E-state index in [2.05, 4.69) is 38.0 Å². The predicted octanol–water partition coefficient (Wildman–Crippen LogP) is 2.61. The maximum atomic E-state index is 5.02. The third kappa shape index (κ3) is 3.81. The summed E-state index contributed by atoms with van der Waals surface area (Å²) in [6.45, 7) is 9.75. The fraction of sp³-hybridized carbons (Fsp3) is 0.615. The molecule has 1 rings (SSSR count). The topological polar surface area (TPSA) is 34.1 Å². The molecule has 1 atom stereocenters. The van der Waals surface area contributed by atoms with E-state index in [0.717, 1.165) is 6.54 Å². The number of nitrogens with one attached hydrogen (secondary N) is 1. The van der Waals surface area contributed by atoms with Crippen LogP contribution in [0.4, 0.5) is 0 Å². The van der Waals surface area contributed by atoms with Crippen molar-refractivity contribution in [2.24, 2.45) is 5.41 Å². The Bertz CT molecular complexity index is 314. The van der Waals surface area contributed by atoms with Crippen molar-refractivity contribution in [3.05, 3.63) is 23.9 Å². The van der Waals surface area contributed by atoms with Gasteiger partial charge in [0.1, 0.15) is 0 Å². The Morgan fingerprint density at radius 2 is 2.06 bits per heavy atom. The van der Waals surface area contributed by atoms with Crippen molar-refractivity contribution in [1.82, 2.24) is 10.3 Å². The average molecular weight is 222 g/mol. The van der Waals surface area contributed by atoms with Gasteiger partial charge < -0.3 is 10.1 Å². The fourth-order valence-electron chi connectivity index (χ4n) is 1.21. The SMILES string of the molecule is COc1ccc(CNC(C)C(C)(C)C)cn1. The standard InChI is InChI=1S/C13H22N2O/c1-10(13(2,3)4)14-8-11-6-7-12(16-5)15-9-11/h6-7,9-10,14H,8H2,1-5H3. The smallest absolute Gasteiger partial charge is 0.212 e. The monoisotopic (exact) mass is 222 g/mol. The van der Waals surface area contributed by atoms with E-state index < -0.39 is 0 Å². The van der Waals surface area contributed by atoms with Crippen LogP contribution in [0.15, 0.2) is 18.3 Å². The maximum Gasteiger partial charge on any atom is 0.212 e. The number of hydrogen-bond acceptors (Lipinski definition) is 3. The van der Waals surface area contributed by atoms with Gasteiger partial charge in [0.05, 0.1) is 7.11 Å². The Morgan fingerprint density at radius 3 is 2.50 bits per heavy atom. The molecule has 1 N–H and O–H groups in total. The van der Waals surface area contributed by atoms with E-state index in [0.29, 0.717) is 11.9 Å². The molecule has 0 bridgehead atoms. The number of nitrogens with zero attached hydrogens (tertiary/aromatic N) is 1. The van der Waals surface area contributed by atoms with Crippen LogP contribution in [-0.2, 0) is 6.54 Å². The molecule has 0 saturated carbocycles. The molecule has 1 aromatic heterocycles. The van der Waals surface area contributed by atoms with Gasteiger partial charge in [-0.3, -0.25) is 0 Å². The van der Waals surface area contributed by atoms with Gasteiger partial charge in [-0.15, -0.1) is 0 Å². The lowest BCUT2D eigenvalue weighted by molar-refractivity contribution is 0.285. The highest BCUT2D eigenvalue weighted by atomic mass is 16.5. The molecule has 0 aliphatic rings. The van der Waals surface area contributed by atoms with Gasteiger partial charge in [0.2, 0.25) is 5.88 Å². The summed E-state index contributed by atoms with van der Waals surface area (Å²) in [5, 5.41) is 3.50. The summed E-state index contributed by atoms with van der Waals surface area (Å²) in [7, 11) is 1.63. The second-order valence-corrected chi connectivity index (χ2v) is 5.18. The zero-order chi connectivity index (χ0) is 12.2. The lowest BCUT2D eigenvalue weighted by atomic mass is 9.88. The molecule has 0 fully saturated rings. The highest BCUT2D eigenvalue weighted by Gasteiger charge is 2.18. The molecule has 1 heterocycles. The van der Waals surface area contributed by atoms with E-state index in [-0.39, 0.29) is 5.41 Å². The molecule has 0 saturated heterocycles.